The molecule has 0 radical (unpaired) electrons. The largest absolute Gasteiger partial charge is 1.00 e. The molecule has 0 aliphatic carbocycles. The summed E-state index contributed by atoms with van der Waals surface area (Å²) in [5, 5.41) is 11.7. The Morgan fingerprint density at radius 2 is 1.51 bits per heavy atom. The van der Waals surface area contributed by atoms with Gasteiger partial charge < -0.3 is 27.7 Å². The van der Waals surface area contributed by atoms with Crippen molar-refractivity contribution in [1.29, 1.82) is 0 Å². The number of quaternary nitrogens is 1. The van der Waals surface area contributed by atoms with E-state index in [-0.39, 0.29) is 31.0 Å². The number of aliphatic hydroxyl groups is 1. The van der Waals surface area contributed by atoms with Crippen molar-refractivity contribution in [3.8, 4) is 0 Å². The van der Waals surface area contributed by atoms with Crippen molar-refractivity contribution in [2.75, 3.05) is 26.2 Å². The Morgan fingerprint density at radius 3 is 2.14 bits per heavy atom. The zero-order valence-electron chi connectivity index (χ0n) is 22.7. The van der Waals surface area contributed by atoms with E-state index in [2.05, 4.69) is 67.8 Å². The summed E-state index contributed by atoms with van der Waals surface area (Å²) in [6, 6.07) is -0.158. The molecule has 0 unspecified atom stereocenters. The highest BCUT2D eigenvalue weighted by Gasteiger charge is 2.15. The number of aliphatic hydroxyl groups excluding tert-OH is 1. The molecule has 1 saturated heterocycles. The van der Waals surface area contributed by atoms with Crippen LogP contribution in [0.3, 0.4) is 0 Å². The molecular weight excluding hydrogens is 456 g/mol. The maximum atomic E-state index is 11.6. The van der Waals surface area contributed by atoms with Gasteiger partial charge in [-0.15, -0.1) is 0 Å². The molecular formula is C30H53ClN2O2. The number of hydrogen-bond acceptors (Lipinski definition) is 2. The van der Waals surface area contributed by atoms with E-state index in [9.17, 15) is 4.79 Å². The number of carbonyl (C=O) groups is 1. The first-order chi connectivity index (χ1) is 16.4. The molecule has 1 heterocycles. The molecule has 202 valence electrons. The second-order valence-electron chi connectivity index (χ2n) is 10.6. The number of halogens is 1. The summed E-state index contributed by atoms with van der Waals surface area (Å²) in [6.45, 7) is 10.7. The molecule has 0 saturated carbocycles. The molecule has 0 aromatic rings. The minimum atomic E-state index is -0.158. The van der Waals surface area contributed by atoms with Crippen LogP contribution in [0, 0.1) is 5.41 Å². The van der Waals surface area contributed by atoms with Crippen LogP contribution in [-0.2, 0) is 4.79 Å². The summed E-state index contributed by atoms with van der Waals surface area (Å²) in [7, 11) is 0. The normalized spacial score (nSPS) is 16.5. The van der Waals surface area contributed by atoms with Crippen LogP contribution in [0.1, 0.15) is 97.8 Å². The lowest BCUT2D eigenvalue weighted by Crippen LogP contribution is -3.12. The number of rotatable bonds is 18. The van der Waals surface area contributed by atoms with E-state index in [4.69, 9.17) is 5.11 Å². The quantitative estimate of drug-likeness (QED) is 0.196. The molecule has 0 bridgehead atoms. The second kappa shape index (κ2) is 21.9. The third-order valence-corrected chi connectivity index (χ3v) is 6.50. The zero-order chi connectivity index (χ0) is 24.9. The number of allylic oxidation sites excluding steroid dienone is 8. The number of carbonyl (C=O) groups excluding carboxylic acids is 1. The lowest BCUT2D eigenvalue weighted by Gasteiger charge is -2.24. The Bertz CT molecular complexity index is 634. The Labute approximate surface area is 222 Å². The van der Waals surface area contributed by atoms with Gasteiger partial charge in [-0.3, -0.25) is 4.79 Å². The van der Waals surface area contributed by atoms with Crippen LogP contribution in [0.4, 0.5) is 0 Å². The maximum Gasteiger partial charge on any atom is 0.220 e. The van der Waals surface area contributed by atoms with E-state index in [1.807, 2.05) is 4.90 Å². The van der Waals surface area contributed by atoms with Gasteiger partial charge in [0.15, 0.2) is 0 Å². The SMILES string of the molecule is C[C@H](CO)NC(=O)CCC/C=C\C/C=C\C/C=C\C/C=C\C(C)(C)CCCC[NH+]1CCCCC1.[Cl-]. The highest BCUT2D eigenvalue weighted by Crippen LogP contribution is 2.25. The number of nitrogens with one attached hydrogen (secondary N) is 2. The van der Waals surface area contributed by atoms with Crippen molar-refractivity contribution in [2.45, 2.75) is 104 Å². The molecule has 1 aliphatic rings. The van der Waals surface area contributed by atoms with E-state index in [1.165, 1.54) is 58.2 Å². The van der Waals surface area contributed by atoms with Crippen molar-refractivity contribution in [3.63, 3.8) is 0 Å². The van der Waals surface area contributed by atoms with Crippen molar-refractivity contribution < 1.29 is 27.2 Å². The lowest BCUT2D eigenvalue weighted by molar-refractivity contribution is -0.905. The van der Waals surface area contributed by atoms with Crippen LogP contribution < -0.4 is 22.6 Å². The van der Waals surface area contributed by atoms with Gasteiger partial charge >= 0.3 is 0 Å². The number of likely N-dealkylation sites (tertiary alicyclic amines) is 1. The fourth-order valence-corrected chi connectivity index (χ4v) is 4.34. The van der Waals surface area contributed by atoms with Gasteiger partial charge in [0.05, 0.1) is 26.2 Å². The minimum Gasteiger partial charge on any atom is -1.00 e. The van der Waals surface area contributed by atoms with Gasteiger partial charge in [-0.2, -0.15) is 0 Å². The van der Waals surface area contributed by atoms with Gasteiger partial charge in [0.1, 0.15) is 0 Å². The molecule has 3 N–H and O–H groups in total. The van der Waals surface area contributed by atoms with Crippen LogP contribution in [0.5, 0.6) is 0 Å². The first-order valence-corrected chi connectivity index (χ1v) is 13.8. The van der Waals surface area contributed by atoms with Gasteiger partial charge in [-0.05, 0) is 83.0 Å². The second-order valence-corrected chi connectivity index (χ2v) is 10.6. The molecule has 35 heavy (non-hydrogen) atoms. The van der Waals surface area contributed by atoms with Crippen molar-refractivity contribution >= 4 is 5.91 Å². The van der Waals surface area contributed by atoms with Gasteiger partial charge in [0, 0.05) is 12.5 Å². The molecule has 0 aromatic heterocycles. The van der Waals surface area contributed by atoms with E-state index >= 15 is 0 Å². The smallest absolute Gasteiger partial charge is 0.220 e. The van der Waals surface area contributed by atoms with Crippen LogP contribution in [-0.4, -0.2) is 43.3 Å². The maximum absolute atomic E-state index is 11.6. The summed E-state index contributed by atoms with van der Waals surface area (Å²) >= 11 is 0. The molecule has 1 fully saturated rings. The summed E-state index contributed by atoms with van der Waals surface area (Å²) in [5.41, 5.74) is 0.305. The van der Waals surface area contributed by atoms with Gasteiger partial charge in [0.2, 0.25) is 5.91 Å². The molecule has 1 rings (SSSR count). The predicted octanol–water partition coefficient (Wildman–Crippen LogP) is 2.32. The number of unbranched alkanes of at least 4 members (excludes halogenated alkanes) is 2. The van der Waals surface area contributed by atoms with Crippen LogP contribution >= 0.6 is 0 Å². The van der Waals surface area contributed by atoms with Crippen molar-refractivity contribution in [3.05, 3.63) is 48.6 Å². The van der Waals surface area contributed by atoms with E-state index in [0.29, 0.717) is 11.8 Å². The van der Waals surface area contributed by atoms with E-state index < -0.39 is 0 Å². The molecule has 1 aliphatic heterocycles. The first kappa shape index (κ1) is 33.6. The fraction of sp³-hybridized carbons (Fsp3) is 0.700. The molecule has 1 atom stereocenters. The zero-order valence-corrected chi connectivity index (χ0v) is 23.5. The monoisotopic (exact) mass is 508 g/mol. The van der Waals surface area contributed by atoms with E-state index in [0.717, 1.165) is 32.1 Å². The average Bonchev–Trinajstić information content (AvgIpc) is 2.82. The Balaban J connectivity index is 0.0000116. The van der Waals surface area contributed by atoms with Crippen LogP contribution in [0.25, 0.3) is 0 Å². The van der Waals surface area contributed by atoms with Crippen LogP contribution in [0.2, 0.25) is 0 Å². The highest BCUT2D eigenvalue weighted by molar-refractivity contribution is 5.76. The van der Waals surface area contributed by atoms with Gasteiger partial charge in [-0.25, -0.2) is 0 Å². The molecule has 1 amide bonds. The lowest BCUT2D eigenvalue weighted by atomic mass is 9.86. The Kier molecular flexibility index (Phi) is 21.0. The third kappa shape index (κ3) is 20.5. The summed E-state index contributed by atoms with van der Waals surface area (Å²) in [6.07, 6.45) is 31.4. The van der Waals surface area contributed by atoms with Crippen molar-refractivity contribution in [1.82, 2.24) is 5.32 Å². The topological polar surface area (TPSA) is 53.8 Å². The van der Waals surface area contributed by atoms with E-state index in [1.54, 1.807) is 6.92 Å². The number of hydrogen-bond donors (Lipinski definition) is 3. The molecule has 0 aromatic carbocycles. The standard InChI is InChI=1S/C30H52N2O2.ClH/c1-28(27-33)31-29(34)21-15-12-10-8-6-4-5-7-9-11-13-16-22-30(2,3)23-17-20-26-32-24-18-14-19-25-32;/h4-5,8-11,16,22,28,33H,6-7,12-15,17-21,23-27H2,1-3H3,(H,31,34);1H/b5-4-,10-8-,11-9-,22-16-;/t28-;/m1./s1. The average molecular weight is 509 g/mol. The summed E-state index contributed by atoms with van der Waals surface area (Å²) < 4.78 is 0. The third-order valence-electron chi connectivity index (χ3n) is 6.50. The highest BCUT2D eigenvalue weighted by atomic mass is 35.5. The van der Waals surface area contributed by atoms with Gasteiger partial charge in [0.25, 0.3) is 0 Å². The number of piperidine rings is 1. The summed E-state index contributed by atoms with van der Waals surface area (Å²) in [5.74, 6) is 0.0177. The minimum absolute atomic E-state index is 0. The Hall–Kier alpha value is -1.36. The molecule has 5 heteroatoms. The molecule has 0 spiro atoms. The number of amides is 1. The fourth-order valence-electron chi connectivity index (χ4n) is 4.34. The molecule has 4 nitrogen and oxygen atoms in total. The van der Waals surface area contributed by atoms with Gasteiger partial charge in [-0.1, -0.05) is 62.5 Å². The first-order valence-electron chi connectivity index (χ1n) is 13.8. The Morgan fingerprint density at radius 1 is 0.914 bits per heavy atom. The predicted molar refractivity (Wildman–Crippen MR) is 146 cm³/mol. The van der Waals surface area contributed by atoms with Crippen molar-refractivity contribution in [2.24, 2.45) is 5.41 Å². The summed E-state index contributed by atoms with van der Waals surface area (Å²) in [4.78, 5) is 13.4. The van der Waals surface area contributed by atoms with Crippen LogP contribution in [0.15, 0.2) is 48.6 Å².